The van der Waals surface area contributed by atoms with Crippen LogP contribution in [-0.2, 0) is 0 Å². The first kappa shape index (κ1) is 3.85. The second-order valence-electron chi connectivity index (χ2n) is 1.51. The van der Waals surface area contributed by atoms with Crippen molar-refractivity contribution in [1.82, 2.24) is 4.98 Å². The third-order valence-corrected chi connectivity index (χ3v) is 0.804. The fourth-order valence-corrected chi connectivity index (χ4v) is 0.425. The van der Waals surface area contributed by atoms with Crippen molar-refractivity contribution in [3.63, 3.8) is 0 Å². The third kappa shape index (κ3) is 1.40. The van der Waals surface area contributed by atoms with E-state index in [0.717, 1.165) is 0 Å². The van der Waals surface area contributed by atoms with Gasteiger partial charge in [-0.15, -0.1) is 0 Å². The summed E-state index contributed by atoms with van der Waals surface area (Å²) in [7, 11) is 0. The van der Waals surface area contributed by atoms with E-state index in [1.165, 1.54) is 0 Å². The van der Waals surface area contributed by atoms with Crippen LogP contribution in [0.25, 0.3) is 0 Å². The highest BCUT2D eigenvalue weighted by atomic mass is 19.3. The fraction of sp³-hybridized carbons (Fsp3) is 0.167. The molecule has 1 aromatic heterocycles. The Hall–Kier alpha value is -1.19. The second kappa shape index (κ2) is 2.60. The van der Waals surface area contributed by atoms with Crippen LogP contribution >= 0.6 is 0 Å². The molecular weight excluding hydrogens is 140 g/mol. The van der Waals surface area contributed by atoms with Crippen molar-refractivity contribution < 1.29 is 18.0 Å². The molecular formula is C6H5F2NO. The summed E-state index contributed by atoms with van der Waals surface area (Å²) in [6.45, 7) is 0. The van der Waals surface area contributed by atoms with Crippen LogP contribution in [0, 0.1) is 0 Å². The molecule has 0 bridgehead atoms. The lowest BCUT2D eigenvalue weighted by Crippen LogP contribution is -1.86. The van der Waals surface area contributed by atoms with Gasteiger partial charge in [-0.25, -0.2) is 8.78 Å². The minimum Gasteiger partial charge on any atom is -0.508 e. The molecule has 0 fully saturated rings. The number of aromatic hydroxyl groups is 1. The van der Waals surface area contributed by atoms with Crippen molar-refractivity contribution >= 4 is 0 Å². The second-order valence-corrected chi connectivity index (χ2v) is 1.51. The smallest absolute Gasteiger partial charge is 0.280 e. The molecule has 54 valence electrons. The quantitative estimate of drug-likeness (QED) is 0.657. The molecule has 0 atom stereocenters. The van der Waals surface area contributed by atoms with E-state index in [0.29, 0.717) is 0 Å². The number of pyridine rings is 1. The van der Waals surface area contributed by atoms with E-state index in [1.54, 1.807) is 0 Å². The molecule has 0 radical (unpaired) electrons. The molecule has 1 N–H and O–H groups in total. The van der Waals surface area contributed by atoms with E-state index in [1.807, 2.05) is 0 Å². The summed E-state index contributed by atoms with van der Waals surface area (Å²) in [5, 5.41) is 8.95. The Balaban J connectivity index is 3.41. The van der Waals surface area contributed by atoms with Gasteiger partial charge in [-0.1, -0.05) is 0 Å². The molecule has 10 heavy (non-hydrogen) atoms. The van der Waals surface area contributed by atoms with Gasteiger partial charge in [-0.2, -0.15) is 0 Å². The summed E-state index contributed by atoms with van der Waals surface area (Å²) >= 11 is 0. The SMILES string of the molecule is [2H]c1nc(C(F)F)c([2H])c(O)c1[2H]. The van der Waals surface area contributed by atoms with Crippen molar-refractivity contribution in [1.29, 1.82) is 0 Å². The van der Waals surface area contributed by atoms with Gasteiger partial charge in [0.1, 0.15) is 11.4 Å². The van der Waals surface area contributed by atoms with Crippen LogP contribution in [0.3, 0.4) is 0 Å². The van der Waals surface area contributed by atoms with E-state index in [9.17, 15) is 8.78 Å². The van der Waals surface area contributed by atoms with Crippen molar-refractivity contribution in [2.75, 3.05) is 0 Å². The number of hydrogen-bond acceptors (Lipinski definition) is 2. The molecule has 0 saturated heterocycles. The summed E-state index contributed by atoms with van der Waals surface area (Å²) in [4.78, 5) is 3.01. The van der Waals surface area contributed by atoms with Gasteiger partial charge in [0.05, 0.1) is 4.11 Å². The highest BCUT2D eigenvalue weighted by Crippen LogP contribution is 2.18. The lowest BCUT2D eigenvalue weighted by molar-refractivity contribution is 0.145. The summed E-state index contributed by atoms with van der Waals surface area (Å²) in [6.07, 6.45) is -3.79. The number of rotatable bonds is 1. The van der Waals surface area contributed by atoms with E-state index < -0.39 is 36.1 Å². The number of halogens is 2. The minimum absolute atomic E-state index is 0.714. The van der Waals surface area contributed by atoms with Crippen LogP contribution in [0.15, 0.2) is 18.3 Å². The van der Waals surface area contributed by atoms with E-state index in [4.69, 9.17) is 9.22 Å². The Morgan fingerprint density at radius 2 is 2.40 bits per heavy atom. The molecule has 0 aromatic carbocycles. The zero-order valence-electron chi connectivity index (χ0n) is 7.73. The monoisotopic (exact) mass is 148 g/mol. The predicted molar refractivity (Wildman–Crippen MR) is 30.9 cm³/mol. The average molecular weight is 148 g/mol. The Morgan fingerprint density at radius 1 is 1.70 bits per heavy atom. The first-order valence-corrected chi connectivity index (χ1v) is 2.40. The van der Waals surface area contributed by atoms with Crippen LogP contribution in [0.4, 0.5) is 8.78 Å². The fourth-order valence-electron chi connectivity index (χ4n) is 0.425. The molecule has 1 rings (SSSR count). The maximum Gasteiger partial charge on any atom is 0.280 e. The van der Waals surface area contributed by atoms with Crippen LogP contribution in [-0.4, -0.2) is 10.1 Å². The summed E-state index contributed by atoms with van der Waals surface area (Å²) in [6, 6.07) is -1.61. The zero-order valence-corrected chi connectivity index (χ0v) is 4.73. The third-order valence-electron chi connectivity index (χ3n) is 0.804. The Bertz CT molecular complexity index is 345. The van der Waals surface area contributed by atoms with Gasteiger partial charge in [0.25, 0.3) is 6.43 Å². The number of hydrogen-bond donors (Lipinski definition) is 1. The number of nitrogens with zero attached hydrogens (tertiary/aromatic N) is 1. The zero-order chi connectivity index (χ0) is 10.2. The molecule has 1 heterocycles. The molecule has 0 aliphatic carbocycles. The van der Waals surface area contributed by atoms with Crippen molar-refractivity contribution in [2.45, 2.75) is 6.43 Å². The van der Waals surface area contributed by atoms with Crippen LogP contribution in [0.1, 0.15) is 16.2 Å². The largest absolute Gasteiger partial charge is 0.508 e. The molecule has 0 spiro atoms. The first-order chi connectivity index (χ1) is 5.95. The lowest BCUT2D eigenvalue weighted by Gasteiger charge is -1.96. The maximum absolute atomic E-state index is 12.1. The summed E-state index contributed by atoms with van der Waals surface area (Å²) in [5.41, 5.74) is -0.974. The summed E-state index contributed by atoms with van der Waals surface area (Å²) in [5.74, 6) is -0.935. The topological polar surface area (TPSA) is 33.1 Å². The van der Waals surface area contributed by atoms with Gasteiger partial charge in [-0.3, -0.25) is 4.98 Å². The highest BCUT2D eigenvalue weighted by Gasteiger charge is 2.07. The molecule has 4 heteroatoms. The van der Waals surface area contributed by atoms with Crippen LogP contribution < -0.4 is 0 Å². The van der Waals surface area contributed by atoms with Gasteiger partial charge < -0.3 is 5.11 Å². The molecule has 0 unspecified atom stereocenters. The predicted octanol–water partition coefficient (Wildman–Crippen LogP) is 1.72. The van der Waals surface area contributed by atoms with Crippen molar-refractivity contribution in [2.24, 2.45) is 0 Å². The van der Waals surface area contributed by atoms with Gasteiger partial charge in [0.2, 0.25) is 0 Å². The molecule has 0 aliphatic heterocycles. The normalized spacial score (nSPS) is 14.5. The van der Waals surface area contributed by atoms with E-state index >= 15 is 0 Å². The van der Waals surface area contributed by atoms with E-state index in [-0.39, 0.29) is 0 Å². The molecule has 0 amide bonds. The van der Waals surface area contributed by atoms with Gasteiger partial charge in [0.15, 0.2) is 0 Å². The van der Waals surface area contributed by atoms with Crippen LogP contribution in [0.5, 0.6) is 5.75 Å². The Labute approximate surface area is 60.4 Å². The van der Waals surface area contributed by atoms with Crippen molar-refractivity contribution in [3.8, 4) is 5.75 Å². The van der Waals surface area contributed by atoms with Gasteiger partial charge in [0, 0.05) is 12.2 Å². The van der Waals surface area contributed by atoms with Crippen LogP contribution in [0.2, 0.25) is 0 Å². The standard InChI is InChI=1S/C6H5F2NO/c7-6(8)5-3-4(10)1-2-9-5/h1-3,6H,(H,9,10)/i1D,2D,3D. The maximum atomic E-state index is 12.1. The molecule has 0 aliphatic rings. The van der Waals surface area contributed by atoms with Gasteiger partial charge >= 0.3 is 0 Å². The number of alkyl halides is 2. The Kier molecular flexibility index (Phi) is 1.00. The average Bonchev–Trinajstić information content (AvgIpc) is 2.07. The molecule has 2 nitrogen and oxygen atoms in total. The molecule has 1 aromatic rings. The number of aromatic nitrogens is 1. The summed E-state index contributed by atoms with van der Waals surface area (Å²) < 4.78 is 45.0. The highest BCUT2D eigenvalue weighted by molar-refractivity contribution is 5.21. The van der Waals surface area contributed by atoms with Crippen molar-refractivity contribution in [3.05, 3.63) is 24.0 Å². The van der Waals surface area contributed by atoms with E-state index in [2.05, 4.69) is 4.98 Å². The lowest BCUT2D eigenvalue weighted by atomic mass is 10.3. The first-order valence-electron chi connectivity index (χ1n) is 3.90. The van der Waals surface area contributed by atoms with Gasteiger partial charge in [-0.05, 0) is 6.04 Å². The molecule has 0 saturated carbocycles. The minimum atomic E-state index is -3.02. The Morgan fingerprint density at radius 3 is 3.00 bits per heavy atom.